The maximum atomic E-state index is 12.8. The van der Waals surface area contributed by atoms with Gasteiger partial charge in [0.15, 0.2) is 6.61 Å². The maximum Gasteiger partial charge on any atom is 0.342 e. The van der Waals surface area contributed by atoms with Crippen molar-refractivity contribution < 1.29 is 24.0 Å². The zero-order valence-corrected chi connectivity index (χ0v) is 16.8. The second-order valence-corrected chi connectivity index (χ2v) is 7.93. The molecule has 1 heterocycles. The van der Waals surface area contributed by atoms with E-state index in [2.05, 4.69) is 6.92 Å². The number of hydrogen-bond acceptors (Lipinski definition) is 7. The molecule has 1 atom stereocenters. The fourth-order valence-corrected chi connectivity index (χ4v) is 4.11. The molecule has 0 aromatic heterocycles. The van der Waals surface area contributed by atoms with E-state index in [0.717, 1.165) is 23.1 Å². The third kappa shape index (κ3) is 4.68. The molecule has 1 aliphatic heterocycles. The van der Waals surface area contributed by atoms with Gasteiger partial charge in [-0.3, -0.25) is 14.9 Å². The molecule has 0 N–H and O–H groups in total. The van der Waals surface area contributed by atoms with E-state index in [-0.39, 0.29) is 22.9 Å². The van der Waals surface area contributed by atoms with Crippen molar-refractivity contribution in [3.05, 3.63) is 58.1 Å². The average Bonchev–Trinajstić information content (AvgIpc) is 2.89. The monoisotopic (exact) mass is 416 g/mol. The highest BCUT2D eigenvalue weighted by atomic mass is 32.2. The number of thioether (sulfide) groups is 1. The fourth-order valence-electron chi connectivity index (χ4n) is 3.00. The molecule has 1 amide bonds. The van der Waals surface area contributed by atoms with Crippen LogP contribution in [0.3, 0.4) is 0 Å². The normalized spacial score (nSPS) is 15.8. The van der Waals surface area contributed by atoms with E-state index in [4.69, 9.17) is 9.47 Å². The molecule has 0 saturated carbocycles. The number of amides is 1. The van der Waals surface area contributed by atoms with Crippen LogP contribution < -0.4 is 9.64 Å². The van der Waals surface area contributed by atoms with Crippen molar-refractivity contribution in [1.29, 1.82) is 0 Å². The number of ether oxygens (including phenoxy) is 2. The van der Waals surface area contributed by atoms with Gasteiger partial charge in [0.2, 0.25) is 0 Å². The van der Waals surface area contributed by atoms with E-state index in [1.54, 1.807) is 16.7 Å². The molecule has 2 aromatic rings. The van der Waals surface area contributed by atoms with Gasteiger partial charge in [0.05, 0.1) is 17.7 Å². The molecule has 0 spiro atoms. The summed E-state index contributed by atoms with van der Waals surface area (Å²) in [5, 5.41) is 11.3. The summed E-state index contributed by atoms with van der Waals surface area (Å²) in [6, 6.07) is 11.2. The standard InChI is InChI=1S/C20H20N2O6S/c1-13-9-10-21(16-5-3-4-6-18(16)29-13)19(23)12-28-20(24)15-11-14(22(25)26)7-8-17(15)27-2/h3-8,11,13H,9-10,12H2,1-2H3/t13-/m1/s1. The van der Waals surface area contributed by atoms with Crippen LogP contribution in [0.5, 0.6) is 5.75 Å². The first-order valence-electron chi connectivity index (χ1n) is 8.96. The molecule has 2 aromatic carbocycles. The van der Waals surface area contributed by atoms with E-state index < -0.39 is 17.5 Å². The Bertz CT molecular complexity index is 948. The number of anilines is 1. The summed E-state index contributed by atoms with van der Waals surface area (Å²) in [6.45, 7) is 2.14. The number of rotatable bonds is 5. The first kappa shape index (κ1) is 20.7. The number of esters is 1. The van der Waals surface area contributed by atoms with Crippen LogP contribution in [0.1, 0.15) is 23.7 Å². The van der Waals surface area contributed by atoms with Crippen LogP contribution in [0.25, 0.3) is 0 Å². The first-order valence-corrected chi connectivity index (χ1v) is 9.84. The molecule has 0 radical (unpaired) electrons. The van der Waals surface area contributed by atoms with Crippen LogP contribution in [-0.4, -0.2) is 42.3 Å². The van der Waals surface area contributed by atoms with Crippen molar-refractivity contribution in [3.63, 3.8) is 0 Å². The smallest absolute Gasteiger partial charge is 0.342 e. The second kappa shape index (κ2) is 8.95. The van der Waals surface area contributed by atoms with Crippen LogP contribution in [0.4, 0.5) is 11.4 Å². The molecule has 3 rings (SSSR count). The van der Waals surface area contributed by atoms with Crippen molar-refractivity contribution in [3.8, 4) is 5.75 Å². The Morgan fingerprint density at radius 2 is 2.03 bits per heavy atom. The lowest BCUT2D eigenvalue weighted by Gasteiger charge is -2.22. The summed E-state index contributed by atoms with van der Waals surface area (Å²) in [5.41, 5.74) is 0.419. The lowest BCUT2D eigenvalue weighted by Crippen LogP contribution is -2.35. The molecule has 0 unspecified atom stereocenters. The van der Waals surface area contributed by atoms with E-state index in [1.165, 1.54) is 19.2 Å². The number of nitro benzene ring substituents is 1. The van der Waals surface area contributed by atoms with Crippen LogP contribution in [0, 0.1) is 10.1 Å². The Morgan fingerprint density at radius 1 is 1.28 bits per heavy atom. The number of hydrogen-bond donors (Lipinski definition) is 0. The van der Waals surface area contributed by atoms with Gasteiger partial charge in [-0.05, 0) is 24.6 Å². The molecule has 0 saturated heterocycles. The Kier molecular flexibility index (Phi) is 6.38. The number of methoxy groups -OCH3 is 1. The third-order valence-electron chi connectivity index (χ3n) is 4.49. The van der Waals surface area contributed by atoms with Gasteiger partial charge in [0, 0.05) is 28.8 Å². The minimum Gasteiger partial charge on any atom is -0.496 e. The summed E-state index contributed by atoms with van der Waals surface area (Å²) in [7, 11) is 1.34. The van der Waals surface area contributed by atoms with Gasteiger partial charge in [0.25, 0.3) is 11.6 Å². The summed E-state index contributed by atoms with van der Waals surface area (Å²) in [4.78, 5) is 38.2. The van der Waals surface area contributed by atoms with Crippen molar-refractivity contribution in [2.45, 2.75) is 23.5 Å². The van der Waals surface area contributed by atoms with E-state index in [9.17, 15) is 19.7 Å². The Labute approximate surface area is 171 Å². The summed E-state index contributed by atoms with van der Waals surface area (Å²) >= 11 is 1.70. The highest BCUT2D eigenvalue weighted by Gasteiger charge is 2.26. The molecule has 0 aliphatic carbocycles. The Hall–Kier alpha value is -3.07. The van der Waals surface area contributed by atoms with Crippen LogP contribution >= 0.6 is 11.8 Å². The lowest BCUT2D eigenvalue weighted by molar-refractivity contribution is -0.384. The van der Waals surface area contributed by atoms with E-state index in [0.29, 0.717) is 11.8 Å². The highest BCUT2D eigenvalue weighted by molar-refractivity contribution is 8.00. The molecule has 8 nitrogen and oxygen atoms in total. The molecule has 9 heteroatoms. The van der Waals surface area contributed by atoms with Crippen LogP contribution in [0.15, 0.2) is 47.4 Å². The first-order chi connectivity index (χ1) is 13.9. The number of nitrogens with zero attached hydrogens (tertiary/aromatic N) is 2. The van der Waals surface area contributed by atoms with Gasteiger partial charge in [-0.2, -0.15) is 0 Å². The molecule has 0 bridgehead atoms. The number of nitro groups is 1. The number of carbonyl (C=O) groups is 2. The van der Waals surface area contributed by atoms with Gasteiger partial charge in [-0.25, -0.2) is 4.79 Å². The summed E-state index contributed by atoms with van der Waals surface area (Å²) < 4.78 is 10.2. The molecular weight excluding hydrogens is 396 g/mol. The minimum absolute atomic E-state index is 0.102. The summed E-state index contributed by atoms with van der Waals surface area (Å²) in [6.07, 6.45) is 0.803. The molecule has 1 aliphatic rings. The lowest BCUT2D eigenvalue weighted by atomic mass is 10.2. The zero-order valence-electron chi connectivity index (χ0n) is 16.0. The molecule has 29 heavy (non-hydrogen) atoms. The van der Waals surface area contributed by atoms with Gasteiger partial charge in [0.1, 0.15) is 11.3 Å². The fraction of sp³-hybridized carbons (Fsp3) is 0.300. The van der Waals surface area contributed by atoms with E-state index in [1.807, 2.05) is 24.3 Å². The van der Waals surface area contributed by atoms with Gasteiger partial charge < -0.3 is 14.4 Å². The minimum atomic E-state index is -0.857. The van der Waals surface area contributed by atoms with Crippen LogP contribution in [0.2, 0.25) is 0 Å². The SMILES string of the molecule is COc1ccc([N+](=O)[O-])cc1C(=O)OCC(=O)N1CC[C@@H](C)Sc2ccccc21. The number of benzene rings is 2. The second-order valence-electron chi connectivity index (χ2n) is 6.45. The van der Waals surface area contributed by atoms with Crippen molar-refractivity contribution in [2.75, 3.05) is 25.2 Å². The Morgan fingerprint density at radius 3 is 2.76 bits per heavy atom. The van der Waals surface area contributed by atoms with Crippen LogP contribution in [-0.2, 0) is 9.53 Å². The number of carbonyl (C=O) groups excluding carboxylic acids is 2. The third-order valence-corrected chi connectivity index (χ3v) is 5.72. The largest absolute Gasteiger partial charge is 0.496 e. The topological polar surface area (TPSA) is 99.0 Å². The van der Waals surface area contributed by atoms with Gasteiger partial charge in [-0.1, -0.05) is 19.1 Å². The van der Waals surface area contributed by atoms with Crippen molar-refractivity contribution in [2.24, 2.45) is 0 Å². The summed E-state index contributed by atoms with van der Waals surface area (Å²) in [5.74, 6) is -1.08. The average molecular weight is 416 g/mol. The predicted molar refractivity (Wildman–Crippen MR) is 109 cm³/mol. The molecule has 152 valence electrons. The zero-order chi connectivity index (χ0) is 21.0. The predicted octanol–water partition coefficient (Wildman–Crippen LogP) is 3.68. The molecule has 0 fully saturated rings. The van der Waals surface area contributed by atoms with Gasteiger partial charge >= 0.3 is 5.97 Å². The molecular formula is C20H20N2O6S. The van der Waals surface area contributed by atoms with E-state index >= 15 is 0 Å². The highest BCUT2D eigenvalue weighted by Crippen LogP contribution is 2.37. The number of fused-ring (bicyclic) bond motifs is 1. The quantitative estimate of drug-likeness (QED) is 0.416. The Balaban J connectivity index is 1.75. The maximum absolute atomic E-state index is 12.8. The number of non-ortho nitro benzene ring substituents is 1. The van der Waals surface area contributed by atoms with Crippen molar-refractivity contribution >= 4 is 35.0 Å². The van der Waals surface area contributed by atoms with Crippen molar-refractivity contribution in [1.82, 2.24) is 0 Å². The number of para-hydroxylation sites is 1. The van der Waals surface area contributed by atoms with Gasteiger partial charge in [-0.15, -0.1) is 11.8 Å².